The van der Waals surface area contributed by atoms with Gasteiger partial charge in [0.05, 0.1) is 12.0 Å². The van der Waals surface area contributed by atoms with Gasteiger partial charge in [-0.25, -0.2) is 0 Å². The molecule has 22 heavy (non-hydrogen) atoms. The summed E-state index contributed by atoms with van der Waals surface area (Å²) in [6.45, 7) is 8.19. The van der Waals surface area contributed by atoms with E-state index >= 15 is 0 Å². The number of rotatable bonds is 0. The molecule has 0 fully saturated rings. The van der Waals surface area contributed by atoms with Gasteiger partial charge in [0.2, 0.25) is 0 Å². The number of allylic oxidation sites excluding steroid dienone is 1. The molecule has 1 rings (SSSR count). The number of ether oxygens (including phenoxy) is 1. The van der Waals surface area contributed by atoms with Gasteiger partial charge in [-0.3, -0.25) is 9.59 Å². The van der Waals surface area contributed by atoms with E-state index in [1.165, 1.54) is 12.8 Å². The fourth-order valence-corrected chi connectivity index (χ4v) is 2.65. The summed E-state index contributed by atoms with van der Waals surface area (Å²) in [5.41, 5.74) is -1.06. The topological polar surface area (TPSA) is 43.4 Å². The van der Waals surface area contributed by atoms with Crippen LogP contribution in [0.2, 0.25) is 0 Å². The van der Waals surface area contributed by atoms with Crippen LogP contribution in [0.4, 0.5) is 0 Å². The van der Waals surface area contributed by atoms with E-state index in [0.717, 1.165) is 25.7 Å². The minimum absolute atomic E-state index is 0.203. The monoisotopic (exact) mass is 308 g/mol. The molecular weight excluding hydrogens is 276 g/mol. The van der Waals surface area contributed by atoms with Crippen LogP contribution in [0.3, 0.4) is 0 Å². The highest BCUT2D eigenvalue weighted by Gasteiger charge is 2.45. The van der Waals surface area contributed by atoms with Gasteiger partial charge in [-0.15, -0.1) is 0 Å². The lowest BCUT2D eigenvalue weighted by atomic mass is 9.65. The second-order valence-electron chi connectivity index (χ2n) is 7.57. The molecule has 0 N–H and O–H groups in total. The van der Waals surface area contributed by atoms with Crippen molar-refractivity contribution < 1.29 is 14.3 Å². The van der Waals surface area contributed by atoms with E-state index in [4.69, 9.17) is 4.74 Å². The van der Waals surface area contributed by atoms with Crippen LogP contribution in [0.5, 0.6) is 0 Å². The fraction of sp³-hybridized carbons (Fsp3) is 0.789. The van der Waals surface area contributed by atoms with Gasteiger partial charge in [0.25, 0.3) is 0 Å². The van der Waals surface area contributed by atoms with Crippen molar-refractivity contribution >= 4 is 11.8 Å². The molecule has 0 saturated heterocycles. The Balaban J connectivity index is 2.77. The zero-order valence-electron chi connectivity index (χ0n) is 14.7. The first-order chi connectivity index (χ1) is 10.3. The number of ketones is 1. The van der Waals surface area contributed by atoms with Gasteiger partial charge in [-0.2, -0.15) is 0 Å². The van der Waals surface area contributed by atoms with Crippen molar-refractivity contribution in [2.75, 3.05) is 6.61 Å². The van der Waals surface area contributed by atoms with E-state index in [0.29, 0.717) is 19.4 Å². The third-order valence-electron chi connectivity index (χ3n) is 5.10. The first-order valence-electron chi connectivity index (χ1n) is 8.61. The van der Waals surface area contributed by atoms with Crippen molar-refractivity contribution in [3.8, 4) is 0 Å². The molecule has 0 aliphatic carbocycles. The molecule has 3 heteroatoms. The zero-order valence-corrected chi connectivity index (χ0v) is 14.7. The third kappa shape index (κ3) is 5.58. The van der Waals surface area contributed by atoms with E-state index < -0.39 is 10.8 Å². The number of hydrogen-bond donors (Lipinski definition) is 0. The minimum atomic E-state index is -0.663. The quantitative estimate of drug-likeness (QED) is 0.475. The number of carbonyl (C=O) groups excluding carboxylic acids is 2. The molecule has 1 aliphatic rings. The van der Waals surface area contributed by atoms with E-state index in [1.807, 2.05) is 27.7 Å². The molecule has 0 amide bonds. The Labute approximate surface area is 135 Å². The third-order valence-corrected chi connectivity index (χ3v) is 5.10. The maximum atomic E-state index is 12.4. The highest BCUT2D eigenvalue weighted by molar-refractivity contribution is 5.82. The molecule has 0 aromatic rings. The SMILES string of the molecule is CC1(C)CC(=O)CCCCCCC=CCCOC(=O)C1(C)C. The van der Waals surface area contributed by atoms with Gasteiger partial charge in [0, 0.05) is 12.8 Å². The highest BCUT2D eigenvalue weighted by atomic mass is 16.5. The lowest BCUT2D eigenvalue weighted by Crippen LogP contribution is -2.42. The van der Waals surface area contributed by atoms with Crippen LogP contribution in [-0.4, -0.2) is 18.4 Å². The Morgan fingerprint density at radius 1 is 0.909 bits per heavy atom. The number of esters is 1. The van der Waals surface area contributed by atoms with Gasteiger partial charge < -0.3 is 4.74 Å². The van der Waals surface area contributed by atoms with Crippen molar-refractivity contribution in [3.05, 3.63) is 12.2 Å². The number of Topliss-reactive ketones (excluding diaryl/α,β-unsaturated/α-hetero) is 1. The standard InChI is InChI=1S/C19H32O3/c1-18(2)15-16(20)13-11-9-7-5-6-8-10-12-14-22-17(21)19(18,3)4/h8,10H,5-7,9,11-15H2,1-4H3. The van der Waals surface area contributed by atoms with Gasteiger partial charge in [-0.05, 0) is 44.9 Å². The zero-order chi connectivity index (χ0) is 16.6. The van der Waals surface area contributed by atoms with Crippen molar-refractivity contribution in [1.29, 1.82) is 0 Å². The predicted octanol–water partition coefficient (Wildman–Crippen LogP) is 4.84. The summed E-state index contributed by atoms with van der Waals surface area (Å²) in [6.07, 6.45) is 11.6. The molecule has 0 atom stereocenters. The number of hydrogen-bond acceptors (Lipinski definition) is 3. The Bertz CT molecular complexity index is 405. The van der Waals surface area contributed by atoms with Gasteiger partial charge in [0.15, 0.2) is 0 Å². The van der Waals surface area contributed by atoms with E-state index in [-0.39, 0.29) is 11.8 Å². The van der Waals surface area contributed by atoms with Crippen LogP contribution in [0.25, 0.3) is 0 Å². The maximum absolute atomic E-state index is 12.4. The molecule has 0 aromatic carbocycles. The first-order valence-corrected chi connectivity index (χ1v) is 8.61. The average Bonchev–Trinajstić information content (AvgIpc) is 2.42. The smallest absolute Gasteiger partial charge is 0.312 e. The molecule has 1 aliphatic heterocycles. The van der Waals surface area contributed by atoms with E-state index in [1.54, 1.807) is 0 Å². The Hall–Kier alpha value is -1.12. The van der Waals surface area contributed by atoms with Crippen molar-refractivity contribution in [2.45, 2.75) is 79.1 Å². The van der Waals surface area contributed by atoms with Gasteiger partial charge in [-0.1, -0.05) is 38.8 Å². The molecular formula is C19H32O3. The highest BCUT2D eigenvalue weighted by Crippen LogP contribution is 2.42. The Morgan fingerprint density at radius 3 is 2.27 bits per heavy atom. The average molecular weight is 308 g/mol. The lowest BCUT2D eigenvalue weighted by Gasteiger charge is -2.39. The molecule has 1 heterocycles. The van der Waals surface area contributed by atoms with Crippen LogP contribution in [0, 0.1) is 10.8 Å². The summed E-state index contributed by atoms with van der Waals surface area (Å²) >= 11 is 0. The van der Waals surface area contributed by atoms with Crippen LogP contribution in [-0.2, 0) is 14.3 Å². The van der Waals surface area contributed by atoms with Crippen LogP contribution >= 0.6 is 0 Å². The largest absolute Gasteiger partial charge is 0.465 e. The Morgan fingerprint density at radius 2 is 1.55 bits per heavy atom. The maximum Gasteiger partial charge on any atom is 0.312 e. The van der Waals surface area contributed by atoms with Gasteiger partial charge >= 0.3 is 5.97 Å². The van der Waals surface area contributed by atoms with Crippen molar-refractivity contribution in [3.63, 3.8) is 0 Å². The fourth-order valence-electron chi connectivity index (χ4n) is 2.65. The molecule has 0 bridgehead atoms. The molecule has 126 valence electrons. The predicted molar refractivity (Wildman–Crippen MR) is 89.6 cm³/mol. The van der Waals surface area contributed by atoms with E-state index in [2.05, 4.69) is 12.2 Å². The molecule has 0 unspecified atom stereocenters. The Kier molecular flexibility index (Phi) is 7.31. The normalized spacial score (nSPS) is 24.7. The minimum Gasteiger partial charge on any atom is -0.465 e. The summed E-state index contributed by atoms with van der Waals surface area (Å²) in [4.78, 5) is 24.6. The van der Waals surface area contributed by atoms with Crippen LogP contribution in [0.15, 0.2) is 12.2 Å². The molecule has 0 spiro atoms. The van der Waals surface area contributed by atoms with Crippen LogP contribution < -0.4 is 0 Å². The molecule has 0 radical (unpaired) electrons. The molecule has 3 nitrogen and oxygen atoms in total. The number of cyclic esters (lactones) is 1. The first kappa shape index (κ1) is 18.9. The van der Waals surface area contributed by atoms with E-state index in [9.17, 15) is 9.59 Å². The van der Waals surface area contributed by atoms with Gasteiger partial charge in [0.1, 0.15) is 5.78 Å². The molecule has 0 aromatic heterocycles. The van der Waals surface area contributed by atoms with Crippen molar-refractivity contribution in [1.82, 2.24) is 0 Å². The summed E-state index contributed by atoms with van der Waals surface area (Å²) in [5, 5.41) is 0. The summed E-state index contributed by atoms with van der Waals surface area (Å²) in [7, 11) is 0. The molecule has 0 saturated carbocycles. The lowest BCUT2D eigenvalue weighted by molar-refractivity contribution is -0.161. The second-order valence-corrected chi connectivity index (χ2v) is 7.57. The van der Waals surface area contributed by atoms with Crippen molar-refractivity contribution in [2.24, 2.45) is 10.8 Å². The summed E-state index contributed by atoms with van der Waals surface area (Å²) in [6, 6.07) is 0. The van der Waals surface area contributed by atoms with Crippen LogP contribution in [0.1, 0.15) is 79.1 Å². The summed E-state index contributed by atoms with van der Waals surface area (Å²) in [5.74, 6) is 0.0589. The summed E-state index contributed by atoms with van der Waals surface area (Å²) < 4.78 is 5.43. The second kappa shape index (κ2) is 8.50. The number of carbonyl (C=O) groups is 2.